The van der Waals surface area contributed by atoms with Gasteiger partial charge in [-0.15, -0.1) is 0 Å². The van der Waals surface area contributed by atoms with Crippen molar-refractivity contribution in [1.29, 1.82) is 0 Å². The lowest BCUT2D eigenvalue weighted by molar-refractivity contribution is -0.0293. The molecule has 2 nitrogen and oxygen atoms in total. The molecule has 0 aromatic carbocycles. The Balaban J connectivity index is 2.53. The molecule has 0 spiro atoms. The van der Waals surface area contributed by atoms with Gasteiger partial charge >= 0.3 is 0 Å². The summed E-state index contributed by atoms with van der Waals surface area (Å²) in [4.78, 5) is 0. The number of hydrogen-bond acceptors (Lipinski definition) is 2. The number of likely N-dealkylation sites (N-methyl/N-ethyl adjacent to an activating group) is 1. The molecule has 1 aliphatic carbocycles. The van der Waals surface area contributed by atoms with Crippen molar-refractivity contribution in [3.63, 3.8) is 0 Å². The van der Waals surface area contributed by atoms with E-state index >= 15 is 0 Å². The molecule has 0 amide bonds. The number of nitrogens with one attached hydrogen (secondary N) is 1. The highest BCUT2D eigenvalue weighted by atomic mass is 16.3. The molecule has 1 fully saturated rings. The monoisotopic (exact) mass is 171 g/mol. The molecule has 0 saturated heterocycles. The Labute approximate surface area is 75.4 Å². The predicted molar refractivity (Wildman–Crippen MR) is 51.2 cm³/mol. The van der Waals surface area contributed by atoms with E-state index < -0.39 is 5.60 Å². The summed E-state index contributed by atoms with van der Waals surface area (Å²) in [7, 11) is 1.95. The maximum atomic E-state index is 10.3. The fourth-order valence-corrected chi connectivity index (χ4v) is 2.37. The standard InChI is InChI=1S/C10H21NO/c1-3-9(11-2)10(12)7-5-4-6-8-10/h9,11-12H,3-8H2,1-2H3. The second-order valence-corrected chi connectivity index (χ2v) is 3.91. The van der Waals surface area contributed by atoms with Gasteiger partial charge in [0.25, 0.3) is 0 Å². The van der Waals surface area contributed by atoms with Crippen LogP contribution >= 0.6 is 0 Å². The van der Waals surface area contributed by atoms with E-state index in [-0.39, 0.29) is 6.04 Å². The van der Waals surface area contributed by atoms with Crippen LogP contribution in [0, 0.1) is 0 Å². The molecular formula is C10H21NO. The number of rotatable bonds is 3. The lowest BCUT2D eigenvalue weighted by Gasteiger charge is -2.38. The number of aliphatic hydroxyl groups is 1. The Morgan fingerprint density at radius 1 is 1.33 bits per heavy atom. The molecule has 0 bridgehead atoms. The lowest BCUT2D eigenvalue weighted by atomic mass is 9.78. The van der Waals surface area contributed by atoms with Crippen molar-refractivity contribution >= 4 is 0 Å². The molecule has 0 heterocycles. The van der Waals surface area contributed by atoms with Gasteiger partial charge in [-0.2, -0.15) is 0 Å². The SMILES string of the molecule is CCC(NC)C1(O)CCCCC1. The maximum Gasteiger partial charge on any atom is 0.0799 e. The van der Waals surface area contributed by atoms with Crippen LogP contribution in [0.1, 0.15) is 45.4 Å². The fourth-order valence-electron chi connectivity index (χ4n) is 2.37. The highest BCUT2D eigenvalue weighted by Gasteiger charge is 2.35. The predicted octanol–water partition coefficient (Wildman–Crippen LogP) is 1.68. The van der Waals surface area contributed by atoms with Crippen molar-refractivity contribution in [2.45, 2.75) is 57.1 Å². The van der Waals surface area contributed by atoms with E-state index in [4.69, 9.17) is 0 Å². The molecule has 0 radical (unpaired) electrons. The summed E-state index contributed by atoms with van der Waals surface area (Å²) in [6.07, 6.45) is 6.65. The summed E-state index contributed by atoms with van der Waals surface area (Å²) < 4.78 is 0. The van der Waals surface area contributed by atoms with Crippen LogP contribution < -0.4 is 5.32 Å². The van der Waals surface area contributed by atoms with E-state index in [9.17, 15) is 5.11 Å². The third-order valence-electron chi connectivity index (χ3n) is 3.12. The minimum atomic E-state index is -0.415. The summed E-state index contributed by atoms with van der Waals surface area (Å²) in [5.41, 5.74) is -0.415. The molecule has 12 heavy (non-hydrogen) atoms. The average molecular weight is 171 g/mol. The summed E-state index contributed by atoms with van der Waals surface area (Å²) in [5, 5.41) is 13.5. The van der Waals surface area contributed by atoms with Crippen molar-refractivity contribution in [3.8, 4) is 0 Å². The van der Waals surface area contributed by atoms with Crippen LogP contribution in [-0.2, 0) is 0 Å². The summed E-state index contributed by atoms with van der Waals surface area (Å²) >= 11 is 0. The fraction of sp³-hybridized carbons (Fsp3) is 1.00. The molecule has 2 N–H and O–H groups in total. The Bertz CT molecular complexity index is 126. The lowest BCUT2D eigenvalue weighted by Crippen LogP contribution is -2.50. The molecule has 1 atom stereocenters. The van der Waals surface area contributed by atoms with Gasteiger partial charge in [0.15, 0.2) is 0 Å². The van der Waals surface area contributed by atoms with Crippen LogP contribution in [0.3, 0.4) is 0 Å². The topological polar surface area (TPSA) is 32.3 Å². The first-order valence-corrected chi connectivity index (χ1v) is 5.12. The molecule has 0 aromatic heterocycles. The van der Waals surface area contributed by atoms with Crippen LogP contribution in [0.15, 0.2) is 0 Å². The maximum absolute atomic E-state index is 10.3. The normalized spacial score (nSPS) is 25.2. The molecular weight excluding hydrogens is 150 g/mol. The first kappa shape index (κ1) is 10.0. The minimum absolute atomic E-state index is 0.290. The molecule has 1 aliphatic rings. The van der Waals surface area contributed by atoms with Crippen LogP contribution in [0.5, 0.6) is 0 Å². The van der Waals surface area contributed by atoms with E-state index in [1.165, 1.54) is 19.3 Å². The second-order valence-electron chi connectivity index (χ2n) is 3.91. The van der Waals surface area contributed by atoms with Gasteiger partial charge in [0.2, 0.25) is 0 Å². The molecule has 72 valence electrons. The van der Waals surface area contributed by atoms with Crippen molar-refractivity contribution in [2.75, 3.05) is 7.05 Å². The number of hydrogen-bond donors (Lipinski definition) is 2. The molecule has 1 rings (SSSR count). The van der Waals surface area contributed by atoms with E-state index in [1.807, 2.05) is 7.05 Å². The first-order chi connectivity index (χ1) is 5.73. The van der Waals surface area contributed by atoms with Gasteiger partial charge in [-0.25, -0.2) is 0 Å². The zero-order chi connectivity index (χ0) is 9.03. The zero-order valence-corrected chi connectivity index (χ0v) is 8.27. The van der Waals surface area contributed by atoms with Crippen LogP contribution in [0.4, 0.5) is 0 Å². The highest BCUT2D eigenvalue weighted by Crippen LogP contribution is 2.31. The Morgan fingerprint density at radius 2 is 1.92 bits per heavy atom. The first-order valence-electron chi connectivity index (χ1n) is 5.12. The zero-order valence-electron chi connectivity index (χ0n) is 8.27. The van der Waals surface area contributed by atoms with Gasteiger partial charge in [0.05, 0.1) is 5.60 Å². The van der Waals surface area contributed by atoms with Crippen LogP contribution in [0.25, 0.3) is 0 Å². The second kappa shape index (κ2) is 4.24. The van der Waals surface area contributed by atoms with E-state index in [0.29, 0.717) is 0 Å². The smallest absolute Gasteiger partial charge is 0.0799 e. The Kier molecular flexibility index (Phi) is 3.53. The Morgan fingerprint density at radius 3 is 2.33 bits per heavy atom. The molecule has 2 heteroatoms. The summed E-state index contributed by atoms with van der Waals surface area (Å²) in [6, 6.07) is 0.290. The quantitative estimate of drug-likeness (QED) is 0.677. The van der Waals surface area contributed by atoms with Gasteiger partial charge < -0.3 is 10.4 Å². The molecule has 0 aromatic rings. The third-order valence-corrected chi connectivity index (χ3v) is 3.12. The largest absolute Gasteiger partial charge is 0.388 e. The van der Waals surface area contributed by atoms with Crippen molar-refractivity contribution in [3.05, 3.63) is 0 Å². The highest BCUT2D eigenvalue weighted by molar-refractivity contribution is 4.92. The van der Waals surface area contributed by atoms with Crippen molar-refractivity contribution < 1.29 is 5.11 Å². The van der Waals surface area contributed by atoms with Crippen LogP contribution in [0.2, 0.25) is 0 Å². The van der Waals surface area contributed by atoms with Gasteiger partial charge in [0.1, 0.15) is 0 Å². The minimum Gasteiger partial charge on any atom is -0.388 e. The van der Waals surface area contributed by atoms with Crippen molar-refractivity contribution in [2.24, 2.45) is 0 Å². The van der Waals surface area contributed by atoms with Gasteiger partial charge in [-0.3, -0.25) is 0 Å². The third kappa shape index (κ3) is 1.99. The Hall–Kier alpha value is -0.0800. The molecule has 1 saturated carbocycles. The van der Waals surface area contributed by atoms with Gasteiger partial charge in [0, 0.05) is 6.04 Å². The van der Waals surface area contributed by atoms with E-state index in [1.54, 1.807) is 0 Å². The van der Waals surface area contributed by atoms with Gasteiger partial charge in [-0.05, 0) is 26.3 Å². The van der Waals surface area contributed by atoms with Crippen LogP contribution in [-0.4, -0.2) is 23.8 Å². The van der Waals surface area contributed by atoms with Gasteiger partial charge in [-0.1, -0.05) is 26.2 Å². The molecule has 0 aliphatic heterocycles. The van der Waals surface area contributed by atoms with E-state index in [2.05, 4.69) is 12.2 Å². The molecule has 1 unspecified atom stereocenters. The van der Waals surface area contributed by atoms with E-state index in [0.717, 1.165) is 19.3 Å². The summed E-state index contributed by atoms with van der Waals surface area (Å²) in [6.45, 7) is 2.13. The summed E-state index contributed by atoms with van der Waals surface area (Å²) in [5.74, 6) is 0. The average Bonchev–Trinajstić information content (AvgIpc) is 2.07. The van der Waals surface area contributed by atoms with Crippen molar-refractivity contribution in [1.82, 2.24) is 5.32 Å².